The van der Waals surface area contributed by atoms with Crippen molar-refractivity contribution in [3.63, 3.8) is 0 Å². The Bertz CT molecular complexity index is 320. The number of piperazine rings is 1. The summed E-state index contributed by atoms with van der Waals surface area (Å²) in [5.74, 6) is 0. The maximum Gasteiger partial charge on any atom is 0.0108 e. The molecule has 1 aliphatic rings. The van der Waals surface area contributed by atoms with Crippen molar-refractivity contribution in [2.75, 3.05) is 39.3 Å². The molecule has 0 spiro atoms. The molecule has 2 N–H and O–H groups in total. The Morgan fingerprint density at radius 3 is 2.67 bits per heavy atom. The largest absolute Gasteiger partial charge is 0.314 e. The van der Waals surface area contributed by atoms with E-state index < -0.39 is 0 Å². The third kappa shape index (κ3) is 4.77. The van der Waals surface area contributed by atoms with Gasteiger partial charge in [0.15, 0.2) is 0 Å². The van der Waals surface area contributed by atoms with Gasteiger partial charge in [0.25, 0.3) is 0 Å². The van der Waals surface area contributed by atoms with Crippen LogP contribution in [0.3, 0.4) is 0 Å². The van der Waals surface area contributed by atoms with E-state index in [9.17, 15) is 0 Å². The Labute approximate surface area is 111 Å². The highest BCUT2D eigenvalue weighted by Gasteiger charge is 2.09. The van der Waals surface area contributed by atoms with Gasteiger partial charge in [-0.2, -0.15) is 0 Å². The predicted octanol–water partition coefficient (Wildman–Crippen LogP) is 1.11. The van der Waals surface area contributed by atoms with Gasteiger partial charge in [-0.1, -0.05) is 30.3 Å². The van der Waals surface area contributed by atoms with Crippen LogP contribution in [0.2, 0.25) is 0 Å². The van der Waals surface area contributed by atoms with Crippen LogP contribution in [0.4, 0.5) is 0 Å². The number of hydrogen-bond acceptors (Lipinski definition) is 3. The van der Waals surface area contributed by atoms with Gasteiger partial charge in [-0.05, 0) is 18.9 Å². The third-order valence-corrected chi connectivity index (χ3v) is 3.52. The highest BCUT2D eigenvalue weighted by atomic mass is 15.2. The van der Waals surface area contributed by atoms with Crippen molar-refractivity contribution in [3.8, 4) is 0 Å². The van der Waals surface area contributed by atoms with E-state index in [1.165, 1.54) is 25.2 Å². The molecule has 0 saturated carbocycles. The van der Waals surface area contributed by atoms with E-state index in [1.54, 1.807) is 0 Å². The molecule has 1 atom stereocenters. The molecule has 18 heavy (non-hydrogen) atoms. The summed E-state index contributed by atoms with van der Waals surface area (Å²) in [6, 6.07) is 11.3. The van der Waals surface area contributed by atoms with Crippen LogP contribution in [0.25, 0.3) is 0 Å². The van der Waals surface area contributed by atoms with Crippen molar-refractivity contribution in [2.24, 2.45) is 0 Å². The number of hydrogen-bond donors (Lipinski definition) is 2. The van der Waals surface area contributed by atoms with Gasteiger partial charge in [-0.25, -0.2) is 0 Å². The zero-order chi connectivity index (χ0) is 12.6. The Morgan fingerprint density at radius 1 is 1.22 bits per heavy atom. The molecule has 1 aromatic rings. The zero-order valence-corrected chi connectivity index (χ0v) is 11.4. The lowest BCUT2D eigenvalue weighted by atomic mass is 10.1. The maximum atomic E-state index is 3.62. The summed E-state index contributed by atoms with van der Waals surface area (Å²) in [6.45, 7) is 9.18. The van der Waals surface area contributed by atoms with E-state index in [0.29, 0.717) is 6.04 Å². The first-order chi connectivity index (χ1) is 8.84. The van der Waals surface area contributed by atoms with Gasteiger partial charge in [0.05, 0.1) is 0 Å². The fourth-order valence-corrected chi connectivity index (χ4v) is 2.44. The number of rotatable bonds is 6. The molecule has 3 heteroatoms. The first-order valence-electron chi connectivity index (χ1n) is 7.05. The molecule has 1 aromatic carbocycles. The quantitative estimate of drug-likeness (QED) is 0.788. The molecule has 3 nitrogen and oxygen atoms in total. The van der Waals surface area contributed by atoms with Crippen LogP contribution in [0.1, 0.15) is 12.5 Å². The average molecular weight is 247 g/mol. The second-order valence-electron chi connectivity index (χ2n) is 5.14. The fraction of sp³-hybridized carbons (Fsp3) is 0.600. The molecule has 0 aliphatic carbocycles. The summed E-state index contributed by atoms with van der Waals surface area (Å²) in [6.07, 6.45) is 1.11. The van der Waals surface area contributed by atoms with Crippen molar-refractivity contribution in [2.45, 2.75) is 19.4 Å². The first kappa shape index (κ1) is 13.5. The Kier molecular flexibility index (Phi) is 5.65. The molecule has 0 bridgehead atoms. The van der Waals surface area contributed by atoms with Crippen LogP contribution in [0.5, 0.6) is 0 Å². The lowest BCUT2D eigenvalue weighted by molar-refractivity contribution is 0.238. The van der Waals surface area contributed by atoms with Gasteiger partial charge in [-0.3, -0.25) is 4.90 Å². The van der Waals surface area contributed by atoms with E-state index in [0.717, 1.165) is 26.1 Å². The van der Waals surface area contributed by atoms with Gasteiger partial charge in [0.1, 0.15) is 0 Å². The molecule has 0 aromatic heterocycles. The van der Waals surface area contributed by atoms with Gasteiger partial charge in [-0.15, -0.1) is 0 Å². The molecule has 2 rings (SSSR count). The van der Waals surface area contributed by atoms with E-state index in [2.05, 4.69) is 52.8 Å². The molecule has 1 heterocycles. The molecule has 0 radical (unpaired) electrons. The molecule has 1 fully saturated rings. The van der Waals surface area contributed by atoms with Gasteiger partial charge in [0, 0.05) is 45.3 Å². The summed E-state index contributed by atoms with van der Waals surface area (Å²) in [5, 5.41) is 7.00. The SMILES string of the molecule is CC(Cc1ccccc1)NCCN1CCNCC1. The van der Waals surface area contributed by atoms with Crippen LogP contribution in [-0.4, -0.2) is 50.2 Å². The summed E-state index contributed by atoms with van der Waals surface area (Å²) in [7, 11) is 0. The predicted molar refractivity (Wildman–Crippen MR) is 76.9 cm³/mol. The number of nitrogens with one attached hydrogen (secondary N) is 2. The summed E-state index contributed by atoms with van der Waals surface area (Å²) >= 11 is 0. The van der Waals surface area contributed by atoms with Gasteiger partial charge < -0.3 is 10.6 Å². The van der Waals surface area contributed by atoms with Crippen LogP contribution in [-0.2, 0) is 6.42 Å². The molecule has 1 aliphatic heterocycles. The summed E-state index contributed by atoms with van der Waals surface area (Å²) in [4.78, 5) is 2.53. The number of nitrogens with zero attached hydrogens (tertiary/aromatic N) is 1. The van der Waals surface area contributed by atoms with Crippen LogP contribution < -0.4 is 10.6 Å². The van der Waals surface area contributed by atoms with E-state index in [1.807, 2.05) is 0 Å². The van der Waals surface area contributed by atoms with Crippen molar-refractivity contribution >= 4 is 0 Å². The molecular formula is C15H25N3. The first-order valence-corrected chi connectivity index (χ1v) is 7.05. The van der Waals surface area contributed by atoms with E-state index in [4.69, 9.17) is 0 Å². The Hall–Kier alpha value is -0.900. The smallest absolute Gasteiger partial charge is 0.0108 e. The highest BCUT2D eigenvalue weighted by molar-refractivity contribution is 5.15. The minimum atomic E-state index is 0.551. The topological polar surface area (TPSA) is 27.3 Å². The van der Waals surface area contributed by atoms with Gasteiger partial charge in [0.2, 0.25) is 0 Å². The minimum Gasteiger partial charge on any atom is -0.314 e. The normalized spacial score (nSPS) is 18.7. The molecular weight excluding hydrogens is 222 g/mol. The molecule has 100 valence electrons. The Morgan fingerprint density at radius 2 is 1.94 bits per heavy atom. The van der Waals surface area contributed by atoms with Crippen molar-refractivity contribution < 1.29 is 0 Å². The molecule has 0 amide bonds. The number of benzene rings is 1. The highest BCUT2D eigenvalue weighted by Crippen LogP contribution is 2.02. The monoisotopic (exact) mass is 247 g/mol. The standard InChI is InChI=1S/C15H25N3/c1-14(13-15-5-3-2-4-6-15)17-9-12-18-10-7-16-8-11-18/h2-6,14,16-17H,7-13H2,1H3. The zero-order valence-electron chi connectivity index (χ0n) is 11.4. The Balaban J connectivity index is 1.61. The van der Waals surface area contributed by atoms with Crippen LogP contribution in [0.15, 0.2) is 30.3 Å². The van der Waals surface area contributed by atoms with Gasteiger partial charge >= 0.3 is 0 Å². The lowest BCUT2D eigenvalue weighted by Crippen LogP contribution is -2.46. The molecule has 1 saturated heterocycles. The van der Waals surface area contributed by atoms with Crippen LogP contribution >= 0.6 is 0 Å². The fourth-order valence-electron chi connectivity index (χ4n) is 2.44. The molecule has 1 unspecified atom stereocenters. The summed E-state index contributed by atoms with van der Waals surface area (Å²) < 4.78 is 0. The summed E-state index contributed by atoms with van der Waals surface area (Å²) in [5.41, 5.74) is 1.42. The second-order valence-corrected chi connectivity index (χ2v) is 5.14. The average Bonchev–Trinajstić information content (AvgIpc) is 2.41. The van der Waals surface area contributed by atoms with Crippen LogP contribution in [0, 0.1) is 0 Å². The van der Waals surface area contributed by atoms with Crippen molar-refractivity contribution in [1.29, 1.82) is 0 Å². The van der Waals surface area contributed by atoms with E-state index >= 15 is 0 Å². The maximum absolute atomic E-state index is 3.62. The van der Waals surface area contributed by atoms with Crippen molar-refractivity contribution in [3.05, 3.63) is 35.9 Å². The van der Waals surface area contributed by atoms with E-state index in [-0.39, 0.29) is 0 Å². The third-order valence-electron chi connectivity index (χ3n) is 3.52. The minimum absolute atomic E-state index is 0.551. The lowest BCUT2D eigenvalue weighted by Gasteiger charge is -2.27. The second kappa shape index (κ2) is 7.52. The van der Waals surface area contributed by atoms with Crippen molar-refractivity contribution in [1.82, 2.24) is 15.5 Å².